The number of nitroso groups, excluding NO2 is 1. The first-order valence-corrected chi connectivity index (χ1v) is 5.91. The van der Waals surface area contributed by atoms with Crippen molar-refractivity contribution in [2.45, 2.75) is 11.8 Å². The number of hydrogen-bond acceptors (Lipinski definition) is 3. The molecule has 0 atom stereocenters. The number of halogens is 1. The lowest BCUT2D eigenvalue weighted by Crippen LogP contribution is -2.57. The number of aliphatic carboxylic acids is 1. The topological polar surface area (TPSA) is 70.0 Å². The fraction of sp³-hybridized carbons (Fsp3) is 0.364. The molecule has 2 rings (SSSR count). The van der Waals surface area contributed by atoms with Crippen LogP contribution in [0.3, 0.4) is 0 Å². The maximum absolute atomic E-state index is 10.9. The maximum Gasteiger partial charge on any atom is 0.304 e. The molecule has 0 unspecified atom stereocenters. The van der Waals surface area contributed by atoms with Crippen molar-refractivity contribution in [2.24, 2.45) is 5.29 Å². The van der Waals surface area contributed by atoms with E-state index in [0.29, 0.717) is 13.1 Å². The molecule has 1 saturated heterocycles. The van der Waals surface area contributed by atoms with Crippen LogP contribution in [0.4, 0.5) is 0 Å². The fourth-order valence-electron chi connectivity index (χ4n) is 2.20. The Bertz CT molecular complexity index is 441. The van der Waals surface area contributed by atoms with Gasteiger partial charge in [-0.05, 0) is 17.7 Å². The molecule has 5 nitrogen and oxygen atoms in total. The molecular formula is C11H11BrN2O3. The van der Waals surface area contributed by atoms with E-state index < -0.39 is 11.4 Å². The Morgan fingerprint density at radius 3 is 2.47 bits per heavy atom. The molecule has 0 bridgehead atoms. The van der Waals surface area contributed by atoms with Crippen molar-refractivity contribution in [3.05, 3.63) is 39.2 Å². The van der Waals surface area contributed by atoms with Crippen LogP contribution in [0.2, 0.25) is 0 Å². The summed E-state index contributed by atoms with van der Waals surface area (Å²) in [7, 11) is 0. The number of rotatable bonds is 4. The van der Waals surface area contributed by atoms with Gasteiger partial charge in [0.25, 0.3) is 0 Å². The molecule has 1 aromatic rings. The summed E-state index contributed by atoms with van der Waals surface area (Å²) in [6.45, 7) is 0.731. The van der Waals surface area contributed by atoms with E-state index in [1.54, 1.807) is 0 Å². The Balaban J connectivity index is 2.25. The smallest absolute Gasteiger partial charge is 0.304 e. The summed E-state index contributed by atoms with van der Waals surface area (Å²) in [6, 6.07) is 7.51. The standard InChI is InChI=1S/C11H11BrN2O3/c12-9-3-1-8(2-4-9)11(5-10(15)16)6-14(7-11)13-17/h1-4H,5-7H2,(H,15,16). The molecule has 1 fully saturated rings. The van der Waals surface area contributed by atoms with Crippen LogP contribution in [-0.4, -0.2) is 29.2 Å². The van der Waals surface area contributed by atoms with Gasteiger partial charge in [-0.25, -0.2) is 0 Å². The van der Waals surface area contributed by atoms with E-state index in [1.807, 2.05) is 24.3 Å². The summed E-state index contributed by atoms with van der Waals surface area (Å²) in [5.41, 5.74) is 0.448. The number of nitrogens with zero attached hydrogens (tertiary/aromatic N) is 2. The second-order valence-corrected chi connectivity index (χ2v) is 5.18. The molecule has 1 aliphatic heterocycles. The number of hydrogen-bond donors (Lipinski definition) is 1. The van der Waals surface area contributed by atoms with Crippen LogP contribution in [0.25, 0.3) is 0 Å². The number of carboxylic acids is 1. The normalized spacial score (nSPS) is 17.4. The van der Waals surface area contributed by atoms with Gasteiger partial charge in [0.2, 0.25) is 0 Å². The highest BCUT2D eigenvalue weighted by Crippen LogP contribution is 2.38. The third-order valence-electron chi connectivity index (χ3n) is 3.03. The largest absolute Gasteiger partial charge is 0.481 e. The predicted octanol–water partition coefficient (Wildman–Crippen LogP) is 2.16. The summed E-state index contributed by atoms with van der Waals surface area (Å²) in [6.07, 6.45) is 0.0145. The first-order valence-electron chi connectivity index (χ1n) is 5.12. The average molecular weight is 299 g/mol. The van der Waals surface area contributed by atoms with Crippen molar-refractivity contribution >= 4 is 21.9 Å². The highest BCUT2D eigenvalue weighted by molar-refractivity contribution is 9.10. The minimum Gasteiger partial charge on any atom is -0.481 e. The average Bonchev–Trinajstić information content (AvgIpc) is 2.23. The van der Waals surface area contributed by atoms with Gasteiger partial charge in [-0.1, -0.05) is 28.1 Å². The molecule has 0 amide bonds. The lowest BCUT2D eigenvalue weighted by atomic mass is 9.72. The van der Waals surface area contributed by atoms with Crippen molar-refractivity contribution in [1.29, 1.82) is 0 Å². The molecule has 1 aliphatic rings. The summed E-state index contributed by atoms with van der Waals surface area (Å²) in [5.74, 6) is -0.863. The molecule has 1 heterocycles. The van der Waals surface area contributed by atoms with Gasteiger partial charge in [-0.2, -0.15) is 0 Å². The van der Waals surface area contributed by atoms with Crippen molar-refractivity contribution < 1.29 is 9.90 Å². The van der Waals surface area contributed by atoms with E-state index in [2.05, 4.69) is 21.2 Å². The van der Waals surface area contributed by atoms with Crippen molar-refractivity contribution in [2.75, 3.05) is 13.1 Å². The van der Waals surface area contributed by atoms with Crippen LogP contribution >= 0.6 is 15.9 Å². The lowest BCUT2D eigenvalue weighted by molar-refractivity contribution is -0.140. The van der Waals surface area contributed by atoms with E-state index >= 15 is 0 Å². The van der Waals surface area contributed by atoms with E-state index in [9.17, 15) is 9.70 Å². The van der Waals surface area contributed by atoms with Gasteiger partial charge in [-0.3, -0.25) is 9.80 Å². The lowest BCUT2D eigenvalue weighted by Gasteiger charge is -2.46. The minimum absolute atomic E-state index is 0.0145. The predicted molar refractivity (Wildman–Crippen MR) is 65.4 cm³/mol. The van der Waals surface area contributed by atoms with Gasteiger partial charge in [0, 0.05) is 9.89 Å². The van der Waals surface area contributed by atoms with Gasteiger partial charge in [0.1, 0.15) is 0 Å². The third-order valence-corrected chi connectivity index (χ3v) is 3.56. The summed E-state index contributed by atoms with van der Waals surface area (Å²) in [4.78, 5) is 21.3. The Morgan fingerprint density at radius 1 is 1.41 bits per heavy atom. The first kappa shape index (κ1) is 12.0. The molecule has 1 aromatic carbocycles. The summed E-state index contributed by atoms with van der Waals surface area (Å²) in [5, 5.41) is 13.1. The molecular weight excluding hydrogens is 288 g/mol. The molecule has 1 N–H and O–H groups in total. The number of carboxylic acid groups (broad SMARTS) is 1. The molecule has 0 aromatic heterocycles. The highest BCUT2D eigenvalue weighted by atomic mass is 79.9. The van der Waals surface area contributed by atoms with Crippen LogP contribution in [0.5, 0.6) is 0 Å². The second-order valence-electron chi connectivity index (χ2n) is 4.26. The molecule has 0 saturated carbocycles. The van der Waals surface area contributed by atoms with E-state index in [0.717, 1.165) is 10.0 Å². The van der Waals surface area contributed by atoms with Crippen LogP contribution in [-0.2, 0) is 10.2 Å². The molecule has 0 radical (unpaired) electrons. The highest BCUT2D eigenvalue weighted by Gasteiger charge is 2.46. The Labute approximate surface area is 106 Å². The number of carbonyl (C=O) groups is 1. The van der Waals surface area contributed by atoms with Crippen LogP contribution in [0.1, 0.15) is 12.0 Å². The van der Waals surface area contributed by atoms with Crippen LogP contribution < -0.4 is 0 Å². The molecule has 0 spiro atoms. The van der Waals surface area contributed by atoms with Crippen molar-refractivity contribution in [1.82, 2.24) is 5.01 Å². The summed E-state index contributed by atoms with van der Waals surface area (Å²) >= 11 is 3.33. The van der Waals surface area contributed by atoms with Gasteiger partial charge >= 0.3 is 5.97 Å². The van der Waals surface area contributed by atoms with E-state index in [1.165, 1.54) is 5.01 Å². The maximum atomic E-state index is 10.9. The zero-order chi connectivity index (χ0) is 12.5. The third kappa shape index (κ3) is 2.31. The summed E-state index contributed by atoms with van der Waals surface area (Å²) < 4.78 is 0.941. The van der Waals surface area contributed by atoms with Gasteiger partial charge in [-0.15, -0.1) is 4.91 Å². The van der Waals surface area contributed by atoms with Gasteiger partial charge in [0.15, 0.2) is 0 Å². The fourth-order valence-corrected chi connectivity index (χ4v) is 2.46. The Morgan fingerprint density at radius 2 is 2.00 bits per heavy atom. The molecule has 17 heavy (non-hydrogen) atoms. The minimum atomic E-state index is -0.863. The van der Waals surface area contributed by atoms with Crippen LogP contribution in [0, 0.1) is 4.91 Å². The SMILES string of the molecule is O=NN1CC(CC(=O)O)(c2ccc(Br)cc2)C1. The Hall–Kier alpha value is -1.43. The first-order chi connectivity index (χ1) is 8.05. The van der Waals surface area contributed by atoms with Crippen LogP contribution in [0.15, 0.2) is 34.0 Å². The second kappa shape index (κ2) is 4.44. The van der Waals surface area contributed by atoms with Gasteiger partial charge in [0.05, 0.1) is 24.8 Å². The van der Waals surface area contributed by atoms with Gasteiger partial charge < -0.3 is 5.11 Å². The number of benzene rings is 1. The van der Waals surface area contributed by atoms with Crippen molar-refractivity contribution in [3.8, 4) is 0 Å². The zero-order valence-electron chi connectivity index (χ0n) is 8.97. The van der Waals surface area contributed by atoms with Crippen molar-refractivity contribution in [3.63, 3.8) is 0 Å². The molecule has 6 heteroatoms. The Kier molecular flexibility index (Phi) is 3.15. The monoisotopic (exact) mass is 298 g/mol. The quantitative estimate of drug-likeness (QED) is 0.865. The van der Waals surface area contributed by atoms with E-state index in [4.69, 9.17) is 5.11 Å². The van der Waals surface area contributed by atoms with E-state index in [-0.39, 0.29) is 6.42 Å². The zero-order valence-corrected chi connectivity index (χ0v) is 10.6. The molecule has 0 aliphatic carbocycles. The molecule has 90 valence electrons.